The van der Waals surface area contributed by atoms with E-state index in [1.165, 1.54) is 5.56 Å². The van der Waals surface area contributed by atoms with Crippen LogP contribution < -0.4 is 0 Å². The first kappa shape index (κ1) is 35.0. The predicted octanol–water partition coefficient (Wildman–Crippen LogP) is 7.28. The number of aliphatic hydroxyl groups is 2. The van der Waals surface area contributed by atoms with Crippen LogP contribution in [0.4, 0.5) is 26.3 Å². The Balaban J connectivity index is 0.000000573. The number of ether oxygens (including phenoxy) is 1. The molecular formula is C28H42F6O5. The molecule has 1 aromatic carbocycles. The van der Waals surface area contributed by atoms with Crippen LogP contribution in [0.25, 0.3) is 0 Å². The molecule has 226 valence electrons. The molecule has 5 atom stereocenters. The van der Waals surface area contributed by atoms with Crippen molar-refractivity contribution in [1.29, 1.82) is 0 Å². The van der Waals surface area contributed by atoms with E-state index in [-0.39, 0.29) is 0 Å². The van der Waals surface area contributed by atoms with Gasteiger partial charge in [-0.1, -0.05) is 32.9 Å². The summed E-state index contributed by atoms with van der Waals surface area (Å²) in [5.74, 6) is -3.17. The molecule has 0 aliphatic heterocycles. The van der Waals surface area contributed by atoms with Crippen LogP contribution in [-0.2, 0) is 9.53 Å². The van der Waals surface area contributed by atoms with Crippen molar-refractivity contribution in [2.75, 3.05) is 0 Å². The maximum atomic E-state index is 13.3. The van der Waals surface area contributed by atoms with E-state index in [1.54, 1.807) is 32.9 Å². The topological polar surface area (TPSA) is 87.0 Å². The van der Waals surface area contributed by atoms with E-state index < -0.39 is 72.1 Å². The van der Waals surface area contributed by atoms with Gasteiger partial charge in [-0.3, -0.25) is 4.79 Å². The van der Waals surface area contributed by atoms with E-state index in [0.717, 1.165) is 6.42 Å². The number of halogens is 6. The molecule has 0 saturated heterocycles. The zero-order valence-electron chi connectivity index (χ0n) is 23.6. The molecule has 2 rings (SSSR count). The van der Waals surface area contributed by atoms with Crippen molar-refractivity contribution in [3.05, 3.63) is 29.8 Å². The quantitative estimate of drug-likeness (QED) is 0.236. The molecule has 0 aromatic heterocycles. The summed E-state index contributed by atoms with van der Waals surface area (Å²) < 4.78 is 84.8. The lowest BCUT2D eigenvalue weighted by molar-refractivity contribution is -0.299. The van der Waals surface area contributed by atoms with Gasteiger partial charge in [0.05, 0.1) is 5.41 Å². The van der Waals surface area contributed by atoms with Gasteiger partial charge >= 0.3 is 18.3 Å². The molecule has 11 heteroatoms. The average molecular weight is 573 g/mol. The third-order valence-electron chi connectivity index (χ3n) is 8.19. The number of benzene rings is 1. The number of phenols is 1. The smallest absolute Gasteiger partial charge is 0.417 e. The molecular weight excluding hydrogens is 530 g/mol. The number of esters is 1. The number of hydrogen-bond donors (Lipinski definition) is 3. The summed E-state index contributed by atoms with van der Waals surface area (Å²) in [6.07, 6.45) is -11.6. The Hall–Kier alpha value is -2.01. The minimum Gasteiger partial charge on any atom is -0.508 e. The van der Waals surface area contributed by atoms with Gasteiger partial charge in [0.15, 0.2) is 11.2 Å². The van der Waals surface area contributed by atoms with Gasteiger partial charge in [0, 0.05) is 11.8 Å². The van der Waals surface area contributed by atoms with Crippen LogP contribution in [0.15, 0.2) is 24.3 Å². The van der Waals surface area contributed by atoms with Crippen molar-refractivity contribution in [3.8, 4) is 5.75 Å². The zero-order valence-corrected chi connectivity index (χ0v) is 23.6. The highest BCUT2D eigenvalue weighted by Crippen LogP contribution is 2.50. The summed E-state index contributed by atoms with van der Waals surface area (Å²) >= 11 is 0. The first-order chi connectivity index (χ1) is 17.5. The lowest BCUT2D eigenvalue weighted by Crippen LogP contribution is -2.57. The van der Waals surface area contributed by atoms with Crippen molar-refractivity contribution in [2.45, 2.75) is 116 Å². The van der Waals surface area contributed by atoms with Gasteiger partial charge in [-0.2, -0.15) is 26.3 Å². The maximum Gasteiger partial charge on any atom is 0.417 e. The largest absolute Gasteiger partial charge is 0.508 e. The number of aromatic hydroxyl groups is 1. The first-order valence-electron chi connectivity index (χ1n) is 13.1. The molecule has 0 radical (unpaired) electrons. The van der Waals surface area contributed by atoms with Crippen LogP contribution in [0, 0.1) is 17.3 Å². The summed E-state index contributed by atoms with van der Waals surface area (Å²) in [4.78, 5) is 12.3. The zero-order chi connectivity index (χ0) is 30.6. The third-order valence-corrected chi connectivity index (χ3v) is 8.19. The summed E-state index contributed by atoms with van der Waals surface area (Å²) in [7, 11) is 0. The molecule has 5 nitrogen and oxygen atoms in total. The lowest BCUT2D eigenvalue weighted by Gasteiger charge is -2.46. The average Bonchev–Trinajstić information content (AvgIpc) is 2.82. The fourth-order valence-electron chi connectivity index (χ4n) is 4.24. The molecule has 1 aliphatic carbocycles. The van der Waals surface area contributed by atoms with Crippen molar-refractivity contribution >= 4 is 5.97 Å². The Morgan fingerprint density at radius 2 is 1.28 bits per heavy atom. The van der Waals surface area contributed by atoms with E-state index in [2.05, 4.69) is 13.8 Å². The summed E-state index contributed by atoms with van der Waals surface area (Å²) in [6.45, 7) is 10.1. The maximum absolute atomic E-state index is 13.3. The van der Waals surface area contributed by atoms with Gasteiger partial charge in [-0.05, 0) is 83.4 Å². The second-order valence-corrected chi connectivity index (χ2v) is 11.6. The van der Waals surface area contributed by atoms with Gasteiger partial charge in [0.25, 0.3) is 0 Å². The number of carbonyl (C=O) groups excluding carboxylic acids is 1. The van der Waals surface area contributed by atoms with Crippen molar-refractivity contribution in [1.82, 2.24) is 0 Å². The lowest BCUT2D eigenvalue weighted by atomic mass is 9.67. The fourth-order valence-corrected chi connectivity index (χ4v) is 4.24. The van der Waals surface area contributed by atoms with Crippen LogP contribution in [0.5, 0.6) is 5.75 Å². The Morgan fingerprint density at radius 3 is 1.62 bits per heavy atom. The number of alkyl halides is 6. The number of hydrogen-bond acceptors (Lipinski definition) is 5. The van der Waals surface area contributed by atoms with Gasteiger partial charge < -0.3 is 20.1 Å². The Bertz CT molecular complexity index is 888. The highest BCUT2D eigenvalue weighted by Gasteiger charge is 2.61. The Kier molecular flexibility index (Phi) is 11.4. The summed E-state index contributed by atoms with van der Waals surface area (Å²) in [6, 6.07) is 7.43. The molecule has 0 bridgehead atoms. The molecule has 1 aromatic rings. The van der Waals surface area contributed by atoms with E-state index in [9.17, 15) is 41.4 Å². The fraction of sp³-hybridized carbons (Fsp3) is 0.750. The van der Waals surface area contributed by atoms with E-state index in [0.29, 0.717) is 31.9 Å². The standard InChI is InChI=1S/C18H28F6O4.C10H14O/c1-6-14(2,3)13(25)28-12-8-10(15(4,26)17(19,20)21)7-11(9-12)16(5,27)18(22,23)24;1-3-8(2)9-4-6-10(11)7-5-9/h10-12,26-27H,6-9H2,1-5H3;4-8,11H,3H2,1-2H3. The van der Waals surface area contributed by atoms with Gasteiger partial charge in [0.1, 0.15) is 11.9 Å². The van der Waals surface area contributed by atoms with E-state index in [1.807, 2.05) is 12.1 Å². The predicted molar refractivity (Wildman–Crippen MR) is 135 cm³/mol. The summed E-state index contributed by atoms with van der Waals surface area (Å²) in [5, 5.41) is 29.0. The second kappa shape index (κ2) is 12.7. The van der Waals surface area contributed by atoms with Crippen molar-refractivity contribution < 1.29 is 51.2 Å². The molecule has 1 aliphatic rings. The minimum absolute atomic E-state index is 0.344. The van der Waals surface area contributed by atoms with E-state index in [4.69, 9.17) is 9.84 Å². The molecule has 0 amide bonds. The van der Waals surface area contributed by atoms with Gasteiger partial charge in [-0.15, -0.1) is 0 Å². The highest BCUT2D eigenvalue weighted by molar-refractivity contribution is 5.76. The molecule has 0 heterocycles. The van der Waals surface area contributed by atoms with E-state index >= 15 is 0 Å². The number of rotatable bonds is 7. The highest BCUT2D eigenvalue weighted by atomic mass is 19.4. The van der Waals surface area contributed by atoms with Crippen LogP contribution in [0.1, 0.15) is 92.1 Å². The number of carbonyl (C=O) groups is 1. The van der Waals surface area contributed by atoms with Crippen LogP contribution in [0.2, 0.25) is 0 Å². The van der Waals surface area contributed by atoms with Crippen LogP contribution >= 0.6 is 0 Å². The molecule has 0 spiro atoms. The van der Waals surface area contributed by atoms with Crippen LogP contribution in [0.3, 0.4) is 0 Å². The Labute approximate surface area is 226 Å². The summed E-state index contributed by atoms with van der Waals surface area (Å²) in [5.41, 5.74) is -6.26. The van der Waals surface area contributed by atoms with Crippen LogP contribution in [-0.4, -0.2) is 50.9 Å². The Morgan fingerprint density at radius 1 is 0.872 bits per heavy atom. The van der Waals surface area contributed by atoms with Gasteiger partial charge in [-0.25, -0.2) is 0 Å². The molecule has 1 fully saturated rings. The molecule has 39 heavy (non-hydrogen) atoms. The van der Waals surface area contributed by atoms with Gasteiger partial charge in [0.2, 0.25) is 0 Å². The van der Waals surface area contributed by atoms with Crippen molar-refractivity contribution in [2.24, 2.45) is 17.3 Å². The first-order valence-corrected chi connectivity index (χ1v) is 13.1. The SMILES string of the molecule is CCC(C)(C)C(=O)OC1CC(C(C)(O)C(F)(F)F)CC(C(C)(O)C(F)(F)F)C1.CCC(C)c1ccc(O)cc1. The normalized spacial score (nSPS) is 24.4. The molecule has 5 unspecified atom stereocenters. The second-order valence-electron chi connectivity index (χ2n) is 11.6. The molecule has 1 saturated carbocycles. The van der Waals surface area contributed by atoms with Crippen molar-refractivity contribution in [3.63, 3.8) is 0 Å². The monoisotopic (exact) mass is 572 g/mol. The molecule has 3 N–H and O–H groups in total. The number of phenolic OH excluding ortho intramolecular Hbond substituents is 1. The third kappa shape index (κ3) is 8.74. The minimum atomic E-state index is -5.10.